The van der Waals surface area contributed by atoms with Crippen LogP contribution >= 0.6 is 23.5 Å². The van der Waals surface area contributed by atoms with Crippen LogP contribution in [0, 0.1) is 6.92 Å². The first-order valence-electron chi connectivity index (χ1n) is 7.60. The number of thioether (sulfide) groups is 2. The van der Waals surface area contributed by atoms with Crippen LogP contribution in [0.4, 0.5) is 11.4 Å². The number of hydrogen-bond acceptors (Lipinski definition) is 4. The van der Waals surface area contributed by atoms with E-state index in [0.29, 0.717) is 17.2 Å². The highest BCUT2D eigenvalue weighted by atomic mass is 32.2. The number of carbonyl (C=O) groups is 2. The summed E-state index contributed by atoms with van der Waals surface area (Å²) in [6.45, 7) is 2.06. The van der Waals surface area contributed by atoms with E-state index in [9.17, 15) is 9.59 Å². The molecule has 3 rings (SSSR count). The molecule has 1 heterocycles. The second kappa shape index (κ2) is 7.77. The highest BCUT2D eigenvalue weighted by Crippen LogP contribution is 2.33. The quantitative estimate of drug-likeness (QED) is 0.851. The molecule has 1 aliphatic heterocycles. The van der Waals surface area contributed by atoms with Gasteiger partial charge in [0.25, 0.3) is 0 Å². The maximum atomic E-state index is 12.1. The molecule has 2 amide bonds. The first kappa shape index (κ1) is 16.9. The number of rotatable bonds is 5. The zero-order chi connectivity index (χ0) is 16.9. The van der Waals surface area contributed by atoms with E-state index in [0.717, 1.165) is 16.3 Å². The van der Waals surface area contributed by atoms with Crippen LogP contribution in [0.15, 0.2) is 47.4 Å². The molecule has 24 heavy (non-hydrogen) atoms. The summed E-state index contributed by atoms with van der Waals surface area (Å²) in [5.74, 6) is 1.60. The fourth-order valence-electron chi connectivity index (χ4n) is 2.42. The van der Waals surface area contributed by atoms with Gasteiger partial charge in [-0.2, -0.15) is 0 Å². The monoisotopic (exact) mass is 358 g/mol. The first-order valence-corrected chi connectivity index (χ1v) is 9.74. The number of amides is 2. The van der Waals surface area contributed by atoms with Crippen molar-refractivity contribution in [3.05, 3.63) is 53.6 Å². The van der Waals surface area contributed by atoms with Crippen LogP contribution in [0.25, 0.3) is 0 Å². The zero-order valence-corrected chi connectivity index (χ0v) is 14.9. The van der Waals surface area contributed by atoms with Crippen molar-refractivity contribution in [3.8, 4) is 0 Å². The summed E-state index contributed by atoms with van der Waals surface area (Å²) < 4.78 is 0. The largest absolute Gasteiger partial charge is 0.325 e. The zero-order valence-electron chi connectivity index (χ0n) is 13.3. The molecule has 0 aliphatic carbocycles. The average Bonchev–Trinajstić information content (AvgIpc) is 2.54. The summed E-state index contributed by atoms with van der Waals surface area (Å²) >= 11 is 3.09. The van der Waals surface area contributed by atoms with Gasteiger partial charge in [-0.25, -0.2) is 0 Å². The van der Waals surface area contributed by atoms with Gasteiger partial charge in [0.1, 0.15) is 0 Å². The van der Waals surface area contributed by atoms with Crippen molar-refractivity contribution in [2.75, 3.05) is 22.1 Å². The van der Waals surface area contributed by atoms with Crippen molar-refractivity contribution < 1.29 is 9.59 Å². The number of nitrogens with one attached hydrogen (secondary N) is 2. The molecule has 0 radical (unpaired) electrons. The van der Waals surface area contributed by atoms with Gasteiger partial charge in [-0.15, -0.1) is 23.5 Å². The topological polar surface area (TPSA) is 58.2 Å². The van der Waals surface area contributed by atoms with E-state index in [-0.39, 0.29) is 11.8 Å². The Balaban J connectivity index is 1.52. The van der Waals surface area contributed by atoms with Gasteiger partial charge in [0.2, 0.25) is 11.8 Å². The number of anilines is 2. The van der Waals surface area contributed by atoms with E-state index in [1.165, 1.54) is 22.9 Å². The number of carbonyl (C=O) groups excluding carboxylic acids is 2. The molecular formula is C18H18N2O2S2. The SMILES string of the molecule is Cc1cccc(CSCC(=O)Nc2ccc3c(c2)NC(=O)CS3)c1. The molecule has 124 valence electrons. The third-order valence-corrected chi connectivity index (χ3v) is 5.56. The fourth-order valence-corrected chi connectivity index (χ4v) is 3.98. The van der Waals surface area contributed by atoms with E-state index < -0.39 is 0 Å². The molecule has 2 aromatic rings. The Morgan fingerprint density at radius 2 is 2.17 bits per heavy atom. The van der Waals surface area contributed by atoms with Gasteiger partial charge in [-0.1, -0.05) is 29.8 Å². The lowest BCUT2D eigenvalue weighted by Gasteiger charge is -2.17. The predicted octanol–water partition coefficient (Wildman–Crippen LogP) is 3.91. The number of aryl methyl sites for hydroxylation is 1. The van der Waals surface area contributed by atoms with Crippen molar-refractivity contribution in [2.24, 2.45) is 0 Å². The lowest BCUT2D eigenvalue weighted by molar-refractivity contribution is -0.114. The van der Waals surface area contributed by atoms with E-state index in [1.807, 2.05) is 24.3 Å². The Hall–Kier alpha value is -1.92. The van der Waals surface area contributed by atoms with Crippen LogP contribution in [-0.4, -0.2) is 23.3 Å². The van der Waals surface area contributed by atoms with Crippen molar-refractivity contribution in [3.63, 3.8) is 0 Å². The van der Waals surface area contributed by atoms with Crippen molar-refractivity contribution in [1.29, 1.82) is 0 Å². The molecule has 0 saturated heterocycles. The van der Waals surface area contributed by atoms with Crippen LogP contribution in [-0.2, 0) is 15.3 Å². The van der Waals surface area contributed by atoms with Crippen LogP contribution in [0.1, 0.15) is 11.1 Å². The number of benzene rings is 2. The summed E-state index contributed by atoms with van der Waals surface area (Å²) in [4.78, 5) is 24.5. The number of hydrogen-bond donors (Lipinski definition) is 2. The van der Waals surface area contributed by atoms with Gasteiger partial charge < -0.3 is 10.6 Å². The predicted molar refractivity (Wildman–Crippen MR) is 102 cm³/mol. The Labute approximate surface area is 149 Å². The highest BCUT2D eigenvalue weighted by Gasteiger charge is 2.15. The van der Waals surface area contributed by atoms with Gasteiger partial charge in [0.05, 0.1) is 17.2 Å². The molecular weight excluding hydrogens is 340 g/mol. The minimum Gasteiger partial charge on any atom is -0.325 e. The molecule has 0 spiro atoms. The Kier molecular flexibility index (Phi) is 5.48. The first-order chi connectivity index (χ1) is 11.6. The van der Waals surface area contributed by atoms with E-state index in [2.05, 4.69) is 35.8 Å². The minimum absolute atomic E-state index is 0.00955. The fraction of sp³-hybridized carbons (Fsp3) is 0.222. The Bertz CT molecular complexity index is 777. The molecule has 1 aliphatic rings. The van der Waals surface area contributed by atoms with Gasteiger partial charge in [-0.05, 0) is 30.7 Å². The molecule has 0 atom stereocenters. The lowest BCUT2D eigenvalue weighted by atomic mass is 10.2. The normalized spacial score (nSPS) is 13.1. The van der Waals surface area contributed by atoms with Crippen LogP contribution < -0.4 is 10.6 Å². The standard InChI is InChI=1S/C18H18N2O2S2/c1-12-3-2-4-13(7-12)9-23-10-17(21)19-14-5-6-16-15(8-14)20-18(22)11-24-16/h2-8H,9-11H2,1H3,(H,19,21)(H,20,22). The van der Waals surface area contributed by atoms with Gasteiger partial charge in [0.15, 0.2) is 0 Å². The average molecular weight is 358 g/mol. The summed E-state index contributed by atoms with van der Waals surface area (Å²) in [6.07, 6.45) is 0. The lowest BCUT2D eigenvalue weighted by Crippen LogP contribution is -2.19. The molecule has 0 bridgehead atoms. The molecule has 4 nitrogen and oxygen atoms in total. The Morgan fingerprint density at radius 3 is 3.00 bits per heavy atom. The summed E-state index contributed by atoms with van der Waals surface area (Å²) in [7, 11) is 0. The second-order valence-electron chi connectivity index (χ2n) is 5.58. The molecule has 2 N–H and O–H groups in total. The number of fused-ring (bicyclic) bond motifs is 1. The molecule has 2 aromatic carbocycles. The van der Waals surface area contributed by atoms with E-state index in [4.69, 9.17) is 0 Å². The smallest absolute Gasteiger partial charge is 0.234 e. The van der Waals surface area contributed by atoms with Gasteiger partial charge in [0, 0.05) is 16.3 Å². The summed E-state index contributed by atoms with van der Waals surface area (Å²) in [6, 6.07) is 13.9. The van der Waals surface area contributed by atoms with Gasteiger partial charge in [-0.3, -0.25) is 9.59 Å². The molecule has 6 heteroatoms. The van der Waals surface area contributed by atoms with Crippen molar-refractivity contribution in [2.45, 2.75) is 17.6 Å². The maximum absolute atomic E-state index is 12.1. The Morgan fingerprint density at radius 1 is 1.29 bits per heavy atom. The minimum atomic E-state index is -0.0395. The van der Waals surface area contributed by atoms with Crippen molar-refractivity contribution >= 4 is 46.7 Å². The van der Waals surface area contributed by atoms with E-state index >= 15 is 0 Å². The third-order valence-electron chi connectivity index (χ3n) is 3.48. The van der Waals surface area contributed by atoms with Crippen LogP contribution in [0.3, 0.4) is 0 Å². The van der Waals surface area contributed by atoms with Crippen LogP contribution in [0.5, 0.6) is 0 Å². The third kappa shape index (κ3) is 4.55. The van der Waals surface area contributed by atoms with Crippen molar-refractivity contribution in [1.82, 2.24) is 0 Å². The van der Waals surface area contributed by atoms with Gasteiger partial charge >= 0.3 is 0 Å². The van der Waals surface area contributed by atoms with Crippen LogP contribution in [0.2, 0.25) is 0 Å². The highest BCUT2D eigenvalue weighted by molar-refractivity contribution is 8.00. The molecule has 0 fully saturated rings. The molecule has 0 aromatic heterocycles. The summed E-state index contributed by atoms with van der Waals surface area (Å²) in [5.41, 5.74) is 3.92. The summed E-state index contributed by atoms with van der Waals surface area (Å²) in [5, 5.41) is 5.71. The molecule has 0 unspecified atom stereocenters. The maximum Gasteiger partial charge on any atom is 0.234 e. The molecule has 0 saturated carbocycles. The second-order valence-corrected chi connectivity index (χ2v) is 7.58. The van der Waals surface area contributed by atoms with E-state index in [1.54, 1.807) is 11.8 Å².